The average molecular weight is 809 g/mol. The van der Waals surface area contributed by atoms with Crippen LogP contribution in [-0.2, 0) is 5.41 Å². The van der Waals surface area contributed by atoms with Crippen LogP contribution in [0.3, 0.4) is 0 Å². The fourth-order valence-electron chi connectivity index (χ4n) is 11.7. The van der Waals surface area contributed by atoms with Gasteiger partial charge in [0.1, 0.15) is 0 Å². The predicted molar refractivity (Wildman–Crippen MR) is 263 cm³/mol. The van der Waals surface area contributed by atoms with E-state index in [-0.39, 0.29) is 0 Å². The molecule has 0 unspecified atom stereocenters. The van der Waals surface area contributed by atoms with Crippen molar-refractivity contribution in [2.45, 2.75) is 18.5 Å². The molecule has 1 aromatic heterocycles. The van der Waals surface area contributed by atoms with Gasteiger partial charge < -0.3 is 0 Å². The van der Waals surface area contributed by atoms with E-state index >= 15 is 0 Å². The van der Waals surface area contributed by atoms with Crippen molar-refractivity contribution in [1.82, 2.24) is 4.98 Å². The second-order valence-corrected chi connectivity index (χ2v) is 22.8. The molecule has 3 nitrogen and oxygen atoms in total. The van der Waals surface area contributed by atoms with Crippen LogP contribution >= 0.6 is 0 Å². The molecule has 0 saturated heterocycles. The van der Waals surface area contributed by atoms with Gasteiger partial charge in [-0.05, 0) is 0 Å². The van der Waals surface area contributed by atoms with Crippen LogP contribution < -0.4 is 20.2 Å². The molecule has 1 spiro atoms. The monoisotopic (exact) mass is 808 g/mol. The first kappa shape index (κ1) is 35.2. The van der Waals surface area contributed by atoms with E-state index in [1.807, 2.05) is 0 Å². The summed E-state index contributed by atoms with van der Waals surface area (Å²) in [5.41, 5.74) is 16.9. The van der Waals surface area contributed by atoms with Crippen LogP contribution in [-0.4, -0.2) is 13.1 Å². The summed E-state index contributed by atoms with van der Waals surface area (Å²) in [5.74, 6) is 0.933. The molecule has 3 aliphatic rings. The maximum absolute atomic E-state index is 5.55. The van der Waals surface area contributed by atoms with Crippen LogP contribution in [0.25, 0.3) is 43.9 Å². The van der Waals surface area contributed by atoms with E-state index in [1.54, 1.807) is 0 Å². The molecule has 0 bridgehead atoms. The zero-order valence-electron chi connectivity index (χ0n) is 34.6. The van der Waals surface area contributed by atoms with Gasteiger partial charge >= 0.3 is 365 Å². The second kappa shape index (κ2) is 13.0. The van der Waals surface area contributed by atoms with Crippen LogP contribution in [0.2, 0.25) is 13.1 Å². The first-order chi connectivity index (χ1) is 30.5. The average Bonchev–Trinajstić information content (AvgIpc) is 3.62. The van der Waals surface area contributed by atoms with E-state index in [1.165, 1.54) is 88.4 Å². The normalized spacial score (nSPS) is 15.3. The fourth-order valence-corrected chi connectivity index (χ4v) is 15.6. The Morgan fingerprint density at radius 2 is 1.06 bits per heavy atom. The summed E-state index contributed by atoms with van der Waals surface area (Å²) in [4.78, 5) is 10.5. The van der Waals surface area contributed by atoms with Gasteiger partial charge in [-0.3, -0.25) is 0 Å². The van der Waals surface area contributed by atoms with Crippen molar-refractivity contribution in [3.8, 4) is 22.3 Å². The second-order valence-electron chi connectivity index (χ2n) is 17.8. The standard InChI is InChI=1S/C58H42N3Si/c1-62(2)54-31-17-16-30-52(54)61(55-37-44(42-22-9-13-27-49(42)59-55)40-33-32-38-18-6-7-19-39(38)36-40)53-35-34-48-56(57(53)62)43-23-8-10-24-45(43)58(48)46-25-11-14-28-50(46)60(41-20-4-3-5-21-41)51-29-15-12-26-47(51)58/h3-37,62H,1-2H3/q-1. The molecule has 13 rings (SSSR count). The Hall–Kier alpha value is -7.53. The quantitative estimate of drug-likeness (QED) is 0.166. The van der Waals surface area contributed by atoms with Gasteiger partial charge in [0.25, 0.3) is 0 Å². The molecule has 3 heterocycles. The molecule has 0 fully saturated rings. The van der Waals surface area contributed by atoms with E-state index in [2.05, 4.69) is 235 Å². The Morgan fingerprint density at radius 3 is 1.85 bits per heavy atom. The van der Waals surface area contributed by atoms with Gasteiger partial charge in [-0.1, -0.05) is 0 Å². The molecule has 4 heteroatoms. The molecule has 0 saturated carbocycles. The summed E-state index contributed by atoms with van der Waals surface area (Å²) in [6.07, 6.45) is 0. The van der Waals surface area contributed by atoms with Crippen LogP contribution in [0.1, 0.15) is 22.3 Å². The van der Waals surface area contributed by atoms with Crippen molar-refractivity contribution in [2.75, 3.05) is 9.80 Å². The molecule has 0 radical (unpaired) electrons. The summed E-state index contributed by atoms with van der Waals surface area (Å²) >= 11 is 0. The molecule has 10 aromatic rings. The van der Waals surface area contributed by atoms with E-state index in [0.29, 0.717) is 0 Å². The van der Waals surface area contributed by atoms with E-state index in [0.717, 1.165) is 22.4 Å². The molecule has 0 atom stereocenters. The number of fused-ring (bicyclic) bond motifs is 14. The Bertz CT molecular complexity index is 3430. The Labute approximate surface area is 362 Å². The van der Waals surface area contributed by atoms with Gasteiger partial charge in [0.15, 0.2) is 0 Å². The molecule has 2 aliphatic heterocycles. The molecule has 9 aromatic carbocycles. The summed E-state index contributed by atoms with van der Waals surface area (Å²) in [5, 5.41) is 6.56. The zero-order chi connectivity index (χ0) is 41.2. The topological polar surface area (TPSA) is 19.4 Å². The van der Waals surface area contributed by atoms with Crippen LogP contribution in [0.5, 0.6) is 0 Å². The van der Waals surface area contributed by atoms with E-state index in [4.69, 9.17) is 4.98 Å². The number of benzene rings is 9. The number of nitrogens with zero attached hydrogens (tertiary/aromatic N) is 3. The summed E-state index contributed by atoms with van der Waals surface area (Å²) in [6, 6.07) is 78.9. The van der Waals surface area contributed by atoms with Crippen molar-refractivity contribution in [3.63, 3.8) is 0 Å². The van der Waals surface area contributed by atoms with Crippen molar-refractivity contribution in [2.24, 2.45) is 0 Å². The predicted octanol–water partition coefficient (Wildman–Crippen LogP) is 13.5. The molecular weight excluding hydrogens is 767 g/mol. The number of anilines is 6. The molecule has 62 heavy (non-hydrogen) atoms. The van der Waals surface area contributed by atoms with Crippen molar-refractivity contribution < 1.29 is 0 Å². The Morgan fingerprint density at radius 1 is 0.435 bits per heavy atom. The Kier molecular flexibility index (Phi) is 7.38. The third-order valence-electron chi connectivity index (χ3n) is 14.2. The number of pyridine rings is 1. The number of hydrogen-bond donors (Lipinski definition) is 0. The summed E-state index contributed by atoms with van der Waals surface area (Å²) in [7, 11) is -2.81. The van der Waals surface area contributed by atoms with Crippen LogP contribution in [0, 0.1) is 0 Å². The third kappa shape index (κ3) is 4.67. The van der Waals surface area contributed by atoms with Crippen LogP contribution in [0.15, 0.2) is 212 Å². The molecule has 1 aliphatic carbocycles. The van der Waals surface area contributed by atoms with Crippen molar-refractivity contribution >= 4 is 74.4 Å². The van der Waals surface area contributed by atoms with Gasteiger partial charge in [0, 0.05) is 0 Å². The van der Waals surface area contributed by atoms with Gasteiger partial charge in [0.05, 0.1) is 0 Å². The van der Waals surface area contributed by atoms with Crippen LogP contribution in [0.4, 0.5) is 34.3 Å². The third-order valence-corrected chi connectivity index (χ3v) is 18.3. The van der Waals surface area contributed by atoms with Crippen molar-refractivity contribution in [3.05, 3.63) is 235 Å². The van der Waals surface area contributed by atoms with Gasteiger partial charge in [-0.15, -0.1) is 0 Å². The summed E-state index contributed by atoms with van der Waals surface area (Å²) < 4.78 is 0. The van der Waals surface area contributed by atoms with Gasteiger partial charge in [0.2, 0.25) is 0 Å². The zero-order valence-corrected chi connectivity index (χ0v) is 35.8. The SMILES string of the molecule is C[SiH-]1(C)c2ccccc2N(c2cc(-c3ccc4ccccc4c3)c3ccccc3n2)c2ccc3c(c21)-c1ccccc1C31c2ccccc2N(c2ccccc2)c2ccccc21. The minimum atomic E-state index is -2.81. The fraction of sp³-hybridized carbons (Fsp3) is 0.0517. The van der Waals surface area contributed by atoms with Crippen molar-refractivity contribution in [1.29, 1.82) is 0 Å². The van der Waals surface area contributed by atoms with Gasteiger partial charge in [-0.25, -0.2) is 0 Å². The molecule has 294 valence electrons. The molecule has 0 N–H and O–H groups in total. The first-order valence-electron chi connectivity index (χ1n) is 21.9. The number of para-hydroxylation sites is 5. The first-order valence-corrected chi connectivity index (χ1v) is 25.3. The number of hydrogen-bond acceptors (Lipinski definition) is 3. The van der Waals surface area contributed by atoms with E-state index in [9.17, 15) is 0 Å². The number of aromatic nitrogens is 1. The maximum atomic E-state index is 5.55. The minimum absolute atomic E-state index is 0.527. The molecular formula is C58H42N3Si-. The molecule has 0 amide bonds. The van der Waals surface area contributed by atoms with Gasteiger partial charge in [-0.2, -0.15) is 0 Å². The summed E-state index contributed by atoms with van der Waals surface area (Å²) in [6.45, 7) is 5.17. The van der Waals surface area contributed by atoms with E-state index < -0.39 is 13.5 Å². The Balaban J connectivity index is 1.11. The number of rotatable bonds is 3.